The molecular weight excluding hydrogens is 416 g/mol. The number of carbonyl (C=O) groups excluding carboxylic acids is 1. The van der Waals surface area contributed by atoms with Crippen LogP contribution < -0.4 is 14.4 Å². The topological polar surface area (TPSA) is 67.8 Å². The Morgan fingerprint density at radius 2 is 1.74 bits per heavy atom. The third-order valence-corrected chi connectivity index (χ3v) is 6.80. The molecule has 2 aromatic rings. The summed E-state index contributed by atoms with van der Waals surface area (Å²) in [4.78, 5) is 17.8. The van der Waals surface area contributed by atoms with Crippen LogP contribution in [0.4, 0.5) is 5.82 Å². The fourth-order valence-corrected chi connectivity index (χ4v) is 4.89. The number of hydrogen-bond acceptors (Lipinski definition) is 6. The first-order valence-electron chi connectivity index (χ1n) is 10.7. The average molecular weight is 445 g/mol. The van der Waals surface area contributed by atoms with Gasteiger partial charge in [0, 0.05) is 25.6 Å². The second-order valence-corrected chi connectivity index (χ2v) is 9.03. The Morgan fingerprint density at radius 1 is 1.06 bits per heavy atom. The number of amides is 1. The maximum Gasteiger partial charge on any atom is 0.226 e. The lowest BCUT2D eigenvalue weighted by Crippen LogP contribution is -2.53. The van der Waals surface area contributed by atoms with Crippen molar-refractivity contribution < 1.29 is 14.3 Å². The number of anilines is 1. The van der Waals surface area contributed by atoms with Crippen molar-refractivity contribution in [3.05, 3.63) is 40.5 Å². The number of hydrogen-bond donors (Lipinski definition) is 0. The van der Waals surface area contributed by atoms with E-state index < -0.39 is 5.54 Å². The highest BCUT2D eigenvalue weighted by Crippen LogP contribution is 2.42. The summed E-state index contributed by atoms with van der Waals surface area (Å²) in [6, 6.07) is 7.70. The zero-order chi connectivity index (χ0) is 22.2. The summed E-state index contributed by atoms with van der Waals surface area (Å²) >= 11 is 5.84. The Hall–Kier alpha value is -2.54. The lowest BCUT2D eigenvalue weighted by Gasteiger charge is -2.46. The molecule has 0 bridgehead atoms. The highest BCUT2D eigenvalue weighted by atomic mass is 35.5. The van der Waals surface area contributed by atoms with Gasteiger partial charge in [0.15, 0.2) is 22.5 Å². The van der Waals surface area contributed by atoms with Crippen molar-refractivity contribution in [2.24, 2.45) is 5.92 Å². The molecule has 1 aromatic heterocycles. The SMILES string of the molecule is COc1cc2c(cc1OC)C(C)(C)N(C(=O)C1CCN(c3ccc(Cl)nn3)CC1)CC2. The van der Waals surface area contributed by atoms with Crippen LogP contribution in [0, 0.1) is 5.92 Å². The molecule has 1 amide bonds. The zero-order valence-corrected chi connectivity index (χ0v) is 19.3. The van der Waals surface area contributed by atoms with Gasteiger partial charge in [0.1, 0.15) is 0 Å². The third-order valence-electron chi connectivity index (χ3n) is 6.60. The van der Waals surface area contributed by atoms with Gasteiger partial charge in [-0.05, 0) is 68.5 Å². The van der Waals surface area contributed by atoms with Gasteiger partial charge in [0.2, 0.25) is 5.91 Å². The summed E-state index contributed by atoms with van der Waals surface area (Å²) in [6.45, 7) is 6.50. The number of rotatable bonds is 4. The standard InChI is InChI=1S/C23H29ClN4O3/c1-23(2)17-14-19(31-4)18(30-3)13-16(17)9-12-28(23)22(29)15-7-10-27(11-8-15)21-6-5-20(24)25-26-21/h5-6,13-15H,7-12H2,1-4H3. The molecule has 3 heterocycles. The largest absolute Gasteiger partial charge is 0.493 e. The summed E-state index contributed by atoms with van der Waals surface area (Å²) in [6.07, 6.45) is 2.41. The predicted molar refractivity (Wildman–Crippen MR) is 120 cm³/mol. The molecule has 0 aliphatic carbocycles. The highest BCUT2D eigenvalue weighted by Gasteiger charge is 2.41. The van der Waals surface area contributed by atoms with Crippen molar-refractivity contribution in [3.8, 4) is 11.5 Å². The lowest BCUT2D eigenvalue weighted by atomic mass is 9.81. The van der Waals surface area contributed by atoms with E-state index in [1.807, 2.05) is 23.1 Å². The number of nitrogens with zero attached hydrogens (tertiary/aromatic N) is 4. The molecule has 0 N–H and O–H groups in total. The smallest absolute Gasteiger partial charge is 0.226 e. The van der Waals surface area contributed by atoms with E-state index >= 15 is 0 Å². The molecule has 0 atom stereocenters. The maximum absolute atomic E-state index is 13.6. The minimum absolute atomic E-state index is 0.0116. The van der Waals surface area contributed by atoms with Crippen molar-refractivity contribution in [3.63, 3.8) is 0 Å². The van der Waals surface area contributed by atoms with Gasteiger partial charge in [-0.1, -0.05) is 11.6 Å². The van der Waals surface area contributed by atoms with Crippen molar-refractivity contribution in [1.29, 1.82) is 0 Å². The molecule has 2 aliphatic rings. The van der Waals surface area contributed by atoms with Gasteiger partial charge < -0.3 is 19.3 Å². The Kier molecular flexibility index (Phi) is 5.97. The fraction of sp³-hybridized carbons (Fsp3) is 0.522. The van der Waals surface area contributed by atoms with Gasteiger partial charge in [-0.3, -0.25) is 4.79 Å². The summed E-state index contributed by atoms with van der Waals surface area (Å²) in [5.41, 5.74) is 1.92. The van der Waals surface area contributed by atoms with Crippen LogP contribution in [-0.2, 0) is 16.8 Å². The number of benzene rings is 1. The number of carbonyl (C=O) groups is 1. The van der Waals surface area contributed by atoms with E-state index in [0.29, 0.717) is 17.4 Å². The number of halogens is 1. The molecule has 2 aliphatic heterocycles. The van der Waals surface area contributed by atoms with Crippen molar-refractivity contribution in [2.75, 3.05) is 38.8 Å². The van der Waals surface area contributed by atoms with Gasteiger partial charge in [-0.2, -0.15) is 0 Å². The van der Waals surface area contributed by atoms with Gasteiger partial charge in [-0.15, -0.1) is 10.2 Å². The summed E-state index contributed by atoms with van der Waals surface area (Å²) < 4.78 is 11.0. The second-order valence-electron chi connectivity index (χ2n) is 8.64. The molecular formula is C23H29ClN4O3. The first kappa shape index (κ1) is 21.7. The van der Waals surface area contributed by atoms with E-state index in [0.717, 1.165) is 49.5 Å². The number of methoxy groups -OCH3 is 2. The van der Waals surface area contributed by atoms with Crippen LogP contribution in [0.2, 0.25) is 5.15 Å². The highest BCUT2D eigenvalue weighted by molar-refractivity contribution is 6.29. The van der Waals surface area contributed by atoms with E-state index in [4.69, 9.17) is 21.1 Å². The first-order valence-corrected chi connectivity index (χ1v) is 11.0. The number of aromatic nitrogens is 2. The van der Waals surface area contributed by atoms with E-state index in [2.05, 4.69) is 28.9 Å². The average Bonchev–Trinajstić information content (AvgIpc) is 2.78. The number of ether oxygens (including phenoxy) is 2. The molecule has 4 rings (SSSR count). The van der Waals surface area contributed by atoms with Crippen LogP contribution in [0.5, 0.6) is 11.5 Å². The lowest BCUT2D eigenvalue weighted by molar-refractivity contribution is -0.142. The molecule has 166 valence electrons. The van der Waals surface area contributed by atoms with Crippen molar-refractivity contribution in [1.82, 2.24) is 15.1 Å². The monoisotopic (exact) mass is 444 g/mol. The Labute approximate surface area is 188 Å². The molecule has 7 nitrogen and oxygen atoms in total. The molecule has 0 saturated carbocycles. The van der Waals surface area contributed by atoms with Crippen molar-refractivity contribution in [2.45, 2.75) is 38.6 Å². The summed E-state index contributed by atoms with van der Waals surface area (Å²) in [5, 5.41) is 8.48. The van der Waals surface area contributed by atoms with Gasteiger partial charge in [0.05, 0.1) is 19.8 Å². The van der Waals surface area contributed by atoms with E-state index in [1.165, 1.54) is 5.56 Å². The quantitative estimate of drug-likeness (QED) is 0.716. The van der Waals surface area contributed by atoms with E-state index in [1.54, 1.807) is 20.3 Å². The van der Waals surface area contributed by atoms with Gasteiger partial charge in [0.25, 0.3) is 0 Å². The van der Waals surface area contributed by atoms with Crippen LogP contribution >= 0.6 is 11.6 Å². The van der Waals surface area contributed by atoms with Gasteiger partial charge >= 0.3 is 0 Å². The molecule has 8 heteroatoms. The molecule has 1 aromatic carbocycles. The minimum atomic E-state index is -0.414. The molecule has 0 unspecified atom stereocenters. The maximum atomic E-state index is 13.6. The first-order chi connectivity index (χ1) is 14.8. The second kappa shape index (κ2) is 8.54. The Morgan fingerprint density at radius 3 is 2.35 bits per heavy atom. The molecule has 31 heavy (non-hydrogen) atoms. The molecule has 0 spiro atoms. The van der Waals surface area contributed by atoms with Gasteiger partial charge in [-0.25, -0.2) is 0 Å². The van der Waals surface area contributed by atoms with Crippen LogP contribution in [0.15, 0.2) is 24.3 Å². The minimum Gasteiger partial charge on any atom is -0.493 e. The van der Waals surface area contributed by atoms with E-state index in [-0.39, 0.29) is 11.8 Å². The van der Waals surface area contributed by atoms with Crippen molar-refractivity contribution >= 4 is 23.3 Å². The normalized spacial score (nSPS) is 18.5. The van der Waals surface area contributed by atoms with Crippen LogP contribution in [0.25, 0.3) is 0 Å². The third kappa shape index (κ3) is 4.03. The van der Waals surface area contributed by atoms with Crippen LogP contribution in [0.3, 0.4) is 0 Å². The Bertz CT molecular complexity index is 956. The molecule has 0 radical (unpaired) electrons. The number of piperidine rings is 1. The van der Waals surface area contributed by atoms with Crippen LogP contribution in [0.1, 0.15) is 37.8 Å². The summed E-state index contributed by atoms with van der Waals surface area (Å²) in [5.74, 6) is 2.48. The number of fused-ring (bicyclic) bond motifs is 1. The van der Waals surface area contributed by atoms with E-state index in [9.17, 15) is 4.79 Å². The fourth-order valence-electron chi connectivity index (χ4n) is 4.79. The molecule has 1 fully saturated rings. The Balaban J connectivity index is 1.49. The zero-order valence-electron chi connectivity index (χ0n) is 18.5. The molecule has 1 saturated heterocycles. The van der Waals surface area contributed by atoms with Crippen LogP contribution in [-0.4, -0.2) is 54.9 Å². The predicted octanol–water partition coefficient (Wildman–Crippen LogP) is 3.68. The summed E-state index contributed by atoms with van der Waals surface area (Å²) in [7, 11) is 3.29.